The third-order valence-corrected chi connectivity index (χ3v) is 6.89. The minimum atomic E-state index is -0.549. The quantitative estimate of drug-likeness (QED) is 0.338. The predicted molar refractivity (Wildman–Crippen MR) is 117 cm³/mol. The van der Waals surface area contributed by atoms with Gasteiger partial charge in [-0.3, -0.25) is 14.9 Å². The van der Waals surface area contributed by atoms with Crippen LogP contribution in [0.15, 0.2) is 76.0 Å². The van der Waals surface area contributed by atoms with Crippen LogP contribution in [0.1, 0.15) is 22.1 Å². The van der Waals surface area contributed by atoms with Crippen LogP contribution < -0.4 is 10.6 Å². The molecule has 148 valence electrons. The SMILES string of the molecule is O=C1NC(c2ccc(Sc3nc4ccccc4s3)c([N+](=O)[O-])c2)Nc2ccccc21. The number of fused-ring (bicyclic) bond motifs is 2. The van der Waals surface area contributed by atoms with Gasteiger partial charge in [0.25, 0.3) is 11.6 Å². The number of benzene rings is 3. The van der Waals surface area contributed by atoms with Crippen LogP contribution in [-0.2, 0) is 0 Å². The Balaban J connectivity index is 1.47. The maximum Gasteiger partial charge on any atom is 0.283 e. The van der Waals surface area contributed by atoms with Crippen molar-refractivity contribution in [3.8, 4) is 0 Å². The highest BCUT2D eigenvalue weighted by molar-refractivity contribution is 8.01. The van der Waals surface area contributed by atoms with Crippen LogP contribution in [0.5, 0.6) is 0 Å². The topological polar surface area (TPSA) is 97.2 Å². The molecular formula is C21H14N4O3S2. The number of nitro benzene ring substituents is 1. The van der Waals surface area contributed by atoms with Crippen molar-refractivity contribution in [1.82, 2.24) is 10.3 Å². The molecule has 2 N–H and O–H groups in total. The summed E-state index contributed by atoms with van der Waals surface area (Å²) in [4.78, 5) is 28.8. The van der Waals surface area contributed by atoms with Crippen LogP contribution in [0.2, 0.25) is 0 Å². The van der Waals surface area contributed by atoms with E-state index in [1.807, 2.05) is 36.4 Å². The number of anilines is 1. The second-order valence-electron chi connectivity index (χ2n) is 6.63. The zero-order valence-electron chi connectivity index (χ0n) is 15.4. The number of nitro groups is 1. The molecule has 1 aliphatic heterocycles. The monoisotopic (exact) mass is 434 g/mol. The lowest BCUT2D eigenvalue weighted by molar-refractivity contribution is -0.387. The Morgan fingerprint density at radius 3 is 2.67 bits per heavy atom. The summed E-state index contributed by atoms with van der Waals surface area (Å²) in [6, 6.07) is 19.9. The number of thiazole rings is 1. The molecule has 1 aliphatic rings. The summed E-state index contributed by atoms with van der Waals surface area (Å²) in [5.74, 6) is -0.218. The van der Waals surface area contributed by atoms with Crippen molar-refractivity contribution in [1.29, 1.82) is 0 Å². The molecule has 3 aromatic carbocycles. The van der Waals surface area contributed by atoms with E-state index < -0.39 is 11.1 Å². The summed E-state index contributed by atoms with van der Waals surface area (Å²) < 4.78 is 1.78. The van der Waals surface area contributed by atoms with Crippen molar-refractivity contribution in [2.75, 3.05) is 5.32 Å². The van der Waals surface area contributed by atoms with Crippen LogP contribution in [0.25, 0.3) is 10.2 Å². The fourth-order valence-electron chi connectivity index (χ4n) is 3.31. The minimum absolute atomic E-state index is 0.0216. The summed E-state index contributed by atoms with van der Waals surface area (Å²) in [7, 11) is 0. The molecular weight excluding hydrogens is 420 g/mol. The summed E-state index contributed by atoms with van der Waals surface area (Å²) in [6.07, 6.45) is -0.549. The molecule has 5 rings (SSSR count). The van der Waals surface area contributed by atoms with Gasteiger partial charge in [-0.1, -0.05) is 42.1 Å². The van der Waals surface area contributed by atoms with Crippen LogP contribution in [0, 0.1) is 10.1 Å². The van der Waals surface area contributed by atoms with Crippen molar-refractivity contribution >= 4 is 50.6 Å². The van der Waals surface area contributed by atoms with Gasteiger partial charge in [-0.25, -0.2) is 4.98 Å². The van der Waals surface area contributed by atoms with Gasteiger partial charge in [-0.2, -0.15) is 0 Å². The predicted octanol–water partition coefficient (Wildman–Crippen LogP) is 5.21. The number of nitrogens with zero attached hydrogens (tertiary/aromatic N) is 2. The average molecular weight is 435 g/mol. The first-order valence-corrected chi connectivity index (χ1v) is 10.7. The van der Waals surface area contributed by atoms with E-state index in [-0.39, 0.29) is 11.6 Å². The van der Waals surface area contributed by atoms with Gasteiger partial charge in [0.15, 0.2) is 4.34 Å². The van der Waals surface area contributed by atoms with Gasteiger partial charge in [-0.05, 0) is 30.3 Å². The fraction of sp³-hybridized carbons (Fsp3) is 0.0476. The van der Waals surface area contributed by atoms with E-state index in [0.29, 0.717) is 21.7 Å². The Bertz CT molecular complexity index is 1270. The molecule has 0 saturated carbocycles. The first kappa shape index (κ1) is 18.6. The standard InChI is InChI=1S/C21H14N4O3S2/c26-20-13-5-1-2-6-14(13)22-19(24-20)12-9-10-18(16(11-12)25(27)28)30-21-23-15-7-3-4-8-17(15)29-21/h1-11,19,22H,(H,24,26). The number of para-hydroxylation sites is 2. The highest BCUT2D eigenvalue weighted by atomic mass is 32.2. The maximum atomic E-state index is 12.4. The van der Waals surface area contributed by atoms with E-state index in [1.165, 1.54) is 29.2 Å². The normalized spacial score (nSPS) is 15.3. The van der Waals surface area contributed by atoms with Crippen molar-refractivity contribution in [2.45, 2.75) is 15.4 Å². The maximum absolute atomic E-state index is 12.4. The van der Waals surface area contributed by atoms with Crippen LogP contribution in [-0.4, -0.2) is 15.8 Å². The fourth-order valence-corrected chi connectivity index (χ4v) is 5.41. The smallest absolute Gasteiger partial charge is 0.283 e. The molecule has 1 unspecified atom stereocenters. The third kappa shape index (κ3) is 3.38. The van der Waals surface area contributed by atoms with Crippen molar-refractivity contribution in [2.24, 2.45) is 0 Å². The molecule has 4 aromatic rings. The lowest BCUT2D eigenvalue weighted by Crippen LogP contribution is -2.38. The number of hydrogen-bond acceptors (Lipinski definition) is 7. The second-order valence-corrected chi connectivity index (χ2v) is 8.95. The van der Waals surface area contributed by atoms with Gasteiger partial charge in [0.2, 0.25) is 0 Å². The van der Waals surface area contributed by atoms with E-state index in [4.69, 9.17) is 0 Å². The van der Waals surface area contributed by atoms with Gasteiger partial charge in [0.1, 0.15) is 6.17 Å². The Morgan fingerprint density at radius 2 is 1.83 bits per heavy atom. The van der Waals surface area contributed by atoms with E-state index in [9.17, 15) is 14.9 Å². The van der Waals surface area contributed by atoms with Crippen LogP contribution in [0.4, 0.5) is 11.4 Å². The van der Waals surface area contributed by atoms with E-state index >= 15 is 0 Å². The first-order valence-electron chi connectivity index (χ1n) is 9.07. The van der Waals surface area contributed by atoms with E-state index in [1.54, 1.807) is 24.3 Å². The Labute approximate surface area is 179 Å². The van der Waals surface area contributed by atoms with E-state index in [2.05, 4.69) is 15.6 Å². The molecule has 0 fully saturated rings. The summed E-state index contributed by atoms with van der Waals surface area (Å²) >= 11 is 2.77. The summed E-state index contributed by atoms with van der Waals surface area (Å²) in [5.41, 5.74) is 2.70. The average Bonchev–Trinajstić information content (AvgIpc) is 3.16. The van der Waals surface area contributed by atoms with Crippen LogP contribution >= 0.6 is 23.1 Å². The molecule has 7 nitrogen and oxygen atoms in total. The van der Waals surface area contributed by atoms with Gasteiger partial charge in [-0.15, -0.1) is 11.3 Å². The van der Waals surface area contributed by atoms with Crippen molar-refractivity contribution < 1.29 is 9.72 Å². The highest BCUT2D eigenvalue weighted by Gasteiger charge is 2.26. The van der Waals surface area contributed by atoms with Crippen molar-refractivity contribution in [3.63, 3.8) is 0 Å². The molecule has 1 atom stereocenters. The summed E-state index contributed by atoms with van der Waals surface area (Å²) in [5, 5.41) is 17.8. The van der Waals surface area contributed by atoms with Crippen molar-refractivity contribution in [3.05, 3.63) is 88.0 Å². The highest BCUT2D eigenvalue weighted by Crippen LogP contribution is 2.40. The molecule has 0 bridgehead atoms. The van der Waals surface area contributed by atoms with Gasteiger partial charge >= 0.3 is 0 Å². The third-order valence-electron chi connectivity index (χ3n) is 4.73. The Morgan fingerprint density at radius 1 is 1.03 bits per heavy atom. The molecule has 1 amide bonds. The zero-order chi connectivity index (χ0) is 20.7. The number of hydrogen-bond donors (Lipinski definition) is 2. The van der Waals surface area contributed by atoms with E-state index in [0.717, 1.165) is 14.6 Å². The lowest BCUT2D eigenvalue weighted by Gasteiger charge is -2.28. The largest absolute Gasteiger partial charge is 0.361 e. The number of nitrogens with one attached hydrogen (secondary N) is 2. The second kappa shape index (κ2) is 7.43. The Kier molecular flexibility index (Phi) is 4.61. The molecule has 0 saturated heterocycles. The summed E-state index contributed by atoms with van der Waals surface area (Å²) in [6.45, 7) is 0. The van der Waals surface area contributed by atoms with Gasteiger partial charge < -0.3 is 10.6 Å². The number of amides is 1. The van der Waals surface area contributed by atoms with Gasteiger partial charge in [0, 0.05) is 17.3 Å². The molecule has 9 heteroatoms. The molecule has 2 heterocycles. The minimum Gasteiger partial charge on any atom is -0.361 e. The van der Waals surface area contributed by atoms with Crippen LogP contribution in [0.3, 0.4) is 0 Å². The van der Waals surface area contributed by atoms with Gasteiger partial charge in [0.05, 0.1) is 25.6 Å². The lowest BCUT2D eigenvalue weighted by atomic mass is 10.1. The molecule has 0 spiro atoms. The molecule has 30 heavy (non-hydrogen) atoms. The number of aromatic nitrogens is 1. The zero-order valence-corrected chi connectivity index (χ0v) is 17.0. The number of rotatable bonds is 4. The molecule has 0 aliphatic carbocycles. The number of carbonyl (C=O) groups is 1. The molecule has 1 aromatic heterocycles. The number of carbonyl (C=O) groups excluding carboxylic acids is 1. The Hall–Kier alpha value is -3.43. The molecule has 0 radical (unpaired) electrons. The first-order chi connectivity index (χ1) is 14.6.